The normalized spacial score (nSPS) is 12.1. The van der Waals surface area contributed by atoms with E-state index >= 15 is 0 Å². The Morgan fingerprint density at radius 2 is 2.40 bits per heavy atom. The molecule has 0 saturated carbocycles. The second-order valence-electron chi connectivity index (χ2n) is 2.98. The average molecular weight is 276 g/mol. The van der Waals surface area contributed by atoms with E-state index in [4.69, 9.17) is 5.11 Å². The molecular weight excluding hydrogens is 266 g/mol. The van der Waals surface area contributed by atoms with Gasteiger partial charge in [-0.2, -0.15) is 5.10 Å². The largest absolute Gasteiger partial charge is 0.480 e. The van der Waals surface area contributed by atoms with Gasteiger partial charge in [-0.25, -0.2) is 0 Å². The van der Waals surface area contributed by atoms with Crippen LogP contribution in [0.25, 0.3) is 0 Å². The van der Waals surface area contributed by atoms with Gasteiger partial charge in [0.05, 0.1) is 10.7 Å². The molecule has 82 valence electrons. The lowest BCUT2D eigenvalue weighted by atomic mass is 10.3. The quantitative estimate of drug-likeness (QED) is 0.824. The first-order chi connectivity index (χ1) is 6.99. The summed E-state index contributed by atoms with van der Waals surface area (Å²) >= 11 is 3.19. The number of halogens is 1. The molecule has 0 aromatic carbocycles. The molecule has 0 aliphatic heterocycles. The van der Waals surface area contributed by atoms with Crippen LogP contribution in [0.5, 0.6) is 0 Å². The van der Waals surface area contributed by atoms with Crippen LogP contribution in [0.4, 0.5) is 0 Å². The number of carboxylic acid groups (broad SMARTS) is 1. The molecule has 6 nitrogen and oxygen atoms in total. The Bertz CT molecular complexity index is 377. The third-order valence-electron chi connectivity index (χ3n) is 1.66. The van der Waals surface area contributed by atoms with Crippen molar-refractivity contribution in [1.82, 2.24) is 15.1 Å². The molecule has 1 atom stereocenters. The van der Waals surface area contributed by atoms with Gasteiger partial charge < -0.3 is 10.4 Å². The second-order valence-corrected chi connectivity index (χ2v) is 3.90. The zero-order chi connectivity index (χ0) is 11.4. The molecule has 0 aliphatic rings. The maximum Gasteiger partial charge on any atom is 0.325 e. The summed E-state index contributed by atoms with van der Waals surface area (Å²) in [7, 11) is 0. The first kappa shape index (κ1) is 11.7. The molecule has 0 bridgehead atoms. The molecule has 0 radical (unpaired) electrons. The Balaban J connectivity index is 2.46. The van der Waals surface area contributed by atoms with E-state index in [0.717, 1.165) is 4.47 Å². The number of aromatic nitrogens is 2. The van der Waals surface area contributed by atoms with Crippen molar-refractivity contribution in [1.29, 1.82) is 0 Å². The molecular formula is C8H10BrN3O3. The third-order valence-corrected chi connectivity index (χ3v) is 2.06. The molecule has 1 aromatic heterocycles. The van der Waals surface area contributed by atoms with Crippen LogP contribution in [0, 0.1) is 0 Å². The maximum absolute atomic E-state index is 11.3. The van der Waals surface area contributed by atoms with Gasteiger partial charge in [0.15, 0.2) is 0 Å². The van der Waals surface area contributed by atoms with Crippen LogP contribution in [0.3, 0.4) is 0 Å². The second kappa shape index (κ2) is 4.92. The predicted molar refractivity (Wildman–Crippen MR) is 55.2 cm³/mol. The molecule has 0 unspecified atom stereocenters. The van der Waals surface area contributed by atoms with E-state index in [0.29, 0.717) is 0 Å². The summed E-state index contributed by atoms with van der Waals surface area (Å²) in [5.41, 5.74) is 0. The van der Waals surface area contributed by atoms with Gasteiger partial charge in [0.2, 0.25) is 5.91 Å². The fraction of sp³-hybridized carbons (Fsp3) is 0.375. The molecule has 1 rings (SSSR count). The zero-order valence-electron chi connectivity index (χ0n) is 7.98. The Kier molecular flexibility index (Phi) is 3.84. The lowest BCUT2D eigenvalue weighted by Gasteiger charge is -2.08. The fourth-order valence-corrected chi connectivity index (χ4v) is 1.25. The summed E-state index contributed by atoms with van der Waals surface area (Å²) in [6.07, 6.45) is 3.18. The van der Waals surface area contributed by atoms with Crippen molar-refractivity contribution in [2.24, 2.45) is 0 Å². The Hall–Kier alpha value is -1.37. The minimum Gasteiger partial charge on any atom is -0.480 e. The first-order valence-corrected chi connectivity index (χ1v) is 4.98. The van der Waals surface area contributed by atoms with Crippen LogP contribution < -0.4 is 5.32 Å². The summed E-state index contributed by atoms with van der Waals surface area (Å²) < 4.78 is 2.18. The van der Waals surface area contributed by atoms with Gasteiger partial charge in [-0.3, -0.25) is 14.3 Å². The number of nitrogens with one attached hydrogen (secondary N) is 1. The molecule has 1 heterocycles. The van der Waals surface area contributed by atoms with Gasteiger partial charge in [-0.1, -0.05) is 0 Å². The van der Waals surface area contributed by atoms with Gasteiger partial charge in [-0.05, 0) is 22.9 Å². The van der Waals surface area contributed by atoms with Gasteiger partial charge in [0.25, 0.3) is 0 Å². The van der Waals surface area contributed by atoms with Gasteiger partial charge in [-0.15, -0.1) is 0 Å². The van der Waals surface area contributed by atoms with Crippen molar-refractivity contribution >= 4 is 27.8 Å². The number of hydrogen-bond acceptors (Lipinski definition) is 3. The first-order valence-electron chi connectivity index (χ1n) is 4.19. The standard InChI is InChI=1S/C8H10BrN3O3/c1-5(8(14)15)11-7(13)4-12-3-6(9)2-10-12/h2-3,5H,4H2,1H3,(H,11,13)(H,14,15)/t5-/m1/s1. The van der Waals surface area contributed by atoms with E-state index in [-0.39, 0.29) is 12.5 Å². The maximum atomic E-state index is 11.3. The number of aliphatic carboxylic acids is 1. The molecule has 1 aromatic rings. The number of carbonyl (C=O) groups is 2. The molecule has 0 fully saturated rings. The summed E-state index contributed by atoms with van der Waals surface area (Å²) in [6.45, 7) is 1.41. The van der Waals surface area contributed by atoms with Crippen LogP contribution in [0.15, 0.2) is 16.9 Å². The lowest BCUT2D eigenvalue weighted by molar-refractivity contribution is -0.141. The summed E-state index contributed by atoms with van der Waals surface area (Å²) in [5, 5.41) is 14.7. The SMILES string of the molecule is C[C@@H](NC(=O)Cn1cc(Br)cn1)C(=O)O. The number of nitrogens with zero attached hydrogens (tertiary/aromatic N) is 2. The monoisotopic (exact) mass is 275 g/mol. The Morgan fingerprint density at radius 1 is 1.73 bits per heavy atom. The Labute approximate surface area is 94.4 Å². The lowest BCUT2D eigenvalue weighted by Crippen LogP contribution is -2.40. The molecule has 7 heteroatoms. The van der Waals surface area contributed by atoms with Crippen LogP contribution in [-0.2, 0) is 16.1 Å². The highest BCUT2D eigenvalue weighted by molar-refractivity contribution is 9.10. The zero-order valence-corrected chi connectivity index (χ0v) is 9.56. The topological polar surface area (TPSA) is 84.2 Å². The molecule has 15 heavy (non-hydrogen) atoms. The molecule has 1 amide bonds. The van der Waals surface area contributed by atoms with Crippen molar-refractivity contribution in [2.75, 3.05) is 0 Å². The third kappa shape index (κ3) is 3.70. The van der Waals surface area contributed by atoms with Crippen LogP contribution >= 0.6 is 15.9 Å². The van der Waals surface area contributed by atoms with E-state index < -0.39 is 12.0 Å². The summed E-state index contributed by atoms with van der Waals surface area (Å²) in [4.78, 5) is 21.7. The summed E-state index contributed by atoms with van der Waals surface area (Å²) in [6, 6.07) is -0.892. The predicted octanol–water partition coefficient (Wildman–Crippen LogP) is 0.235. The van der Waals surface area contributed by atoms with Crippen molar-refractivity contribution < 1.29 is 14.7 Å². The summed E-state index contributed by atoms with van der Waals surface area (Å²) in [5.74, 6) is -1.45. The number of carboxylic acids is 1. The van der Waals surface area contributed by atoms with Gasteiger partial charge in [0.1, 0.15) is 12.6 Å². The van der Waals surface area contributed by atoms with E-state index in [1.54, 1.807) is 12.4 Å². The van der Waals surface area contributed by atoms with Crippen molar-refractivity contribution in [3.8, 4) is 0 Å². The van der Waals surface area contributed by atoms with E-state index in [1.807, 2.05) is 0 Å². The van der Waals surface area contributed by atoms with E-state index in [1.165, 1.54) is 11.6 Å². The van der Waals surface area contributed by atoms with Gasteiger partial charge >= 0.3 is 5.97 Å². The Morgan fingerprint density at radius 3 is 2.87 bits per heavy atom. The van der Waals surface area contributed by atoms with Crippen LogP contribution in [0.2, 0.25) is 0 Å². The number of carbonyl (C=O) groups excluding carboxylic acids is 1. The van der Waals surface area contributed by atoms with Crippen molar-refractivity contribution in [3.05, 3.63) is 16.9 Å². The smallest absolute Gasteiger partial charge is 0.325 e. The fourth-order valence-electron chi connectivity index (χ4n) is 0.921. The highest BCUT2D eigenvalue weighted by Gasteiger charge is 2.14. The average Bonchev–Trinajstić information content (AvgIpc) is 2.50. The number of hydrogen-bond donors (Lipinski definition) is 2. The van der Waals surface area contributed by atoms with Crippen molar-refractivity contribution in [2.45, 2.75) is 19.5 Å². The number of amides is 1. The van der Waals surface area contributed by atoms with Crippen molar-refractivity contribution in [3.63, 3.8) is 0 Å². The van der Waals surface area contributed by atoms with E-state index in [2.05, 4.69) is 26.3 Å². The highest BCUT2D eigenvalue weighted by atomic mass is 79.9. The minimum atomic E-state index is -1.06. The minimum absolute atomic E-state index is 0.00319. The van der Waals surface area contributed by atoms with E-state index in [9.17, 15) is 9.59 Å². The van der Waals surface area contributed by atoms with Gasteiger partial charge in [0, 0.05) is 6.20 Å². The van der Waals surface area contributed by atoms with Crippen LogP contribution in [-0.4, -0.2) is 32.8 Å². The highest BCUT2D eigenvalue weighted by Crippen LogP contribution is 2.05. The van der Waals surface area contributed by atoms with Crippen LogP contribution in [0.1, 0.15) is 6.92 Å². The molecule has 0 spiro atoms. The molecule has 0 aliphatic carbocycles. The molecule has 0 saturated heterocycles. The number of rotatable bonds is 4. The molecule has 2 N–H and O–H groups in total.